The van der Waals surface area contributed by atoms with E-state index in [9.17, 15) is 9.59 Å². The number of hydrogen-bond donors (Lipinski definition) is 5. The normalized spacial score (nSPS) is 13.6. The summed E-state index contributed by atoms with van der Waals surface area (Å²) in [6, 6.07) is 0. The van der Waals surface area contributed by atoms with Crippen LogP contribution in [0.5, 0.6) is 0 Å². The van der Waals surface area contributed by atoms with E-state index < -0.39 is 23.7 Å². The SMILES string of the molecule is NC(N)(CCC(=O)O)CC(O)C(=O)O. The molecule has 0 saturated heterocycles. The second-order valence-corrected chi connectivity index (χ2v) is 3.19. The third kappa shape index (κ3) is 5.46. The van der Waals surface area contributed by atoms with Gasteiger partial charge in [0.2, 0.25) is 0 Å². The lowest BCUT2D eigenvalue weighted by atomic mass is 9.98. The largest absolute Gasteiger partial charge is 0.481 e. The van der Waals surface area contributed by atoms with Gasteiger partial charge in [0.05, 0.1) is 5.66 Å². The van der Waals surface area contributed by atoms with Crippen molar-refractivity contribution in [2.45, 2.75) is 31.0 Å². The van der Waals surface area contributed by atoms with E-state index in [2.05, 4.69) is 0 Å². The van der Waals surface area contributed by atoms with Gasteiger partial charge in [-0.25, -0.2) is 4.79 Å². The molecular formula is C7H14N2O5. The molecule has 7 nitrogen and oxygen atoms in total. The molecule has 0 amide bonds. The smallest absolute Gasteiger partial charge is 0.332 e. The van der Waals surface area contributed by atoms with Gasteiger partial charge >= 0.3 is 11.9 Å². The molecule has 0 aliphatic rings. The van der Waals surface area contributed by atoms with E-state index in [-0.39, 0.29) is 19.3 Å². The van der Waals surface area contributed by atoms with Crippen LogP contribution in [-0.2, 0) is 9.59 Å². The predicted molar refractivity (Wildman–Crippen MR) is 46.2 cm³/mol. The Hall–Kier alpha value is -1.18. The van der Waals surface area contributed by atoms with E-state index in [1.807, 2.05) is 0 Å². The highest BCUT2D eigenvalue weighted by molar-refractivity contribution is 5.72. The predicted octanol–water partition coefficient (Wildman–Crippen LogP) is -1.70. The maximum Gasteiger partial charge on any atom is 0.332 e. The van der Waals surface area contributed by atoms with Gasteiger partial charge in [0.15, 0.2) is 6.10 Å². The first-order valence-electron chi connectivity index (χ1n) is 3.95. The standard InChI is InChI=1S/C7H14N2O5/c8-7(9,2-1-5(11)12)3-4(10)6(13)14/h4,10H,1-3,8-9H2,(H,11,12)(H,13,14). The number of aliphatic hydroxyl groups is 1. The molecular weight excluding hydrogens is 192 g/mol. The lowest BCUT2D eigenvalue weighted by Gasteiger charge is -2.24. The second kappa shape index (κ2) is 4.89. The summed E-state index contributed by atoms with van der Waals surface area (Å²) in [5.74, 6) is -2.50. The Morgan fingerprint density at radius 2 is 1.79 bits per heavy atom. The number of carboxylic acids is 2. The van der Waals surface area contributed by atoms with Crippen LogP contribution >= 0.6 is 0 Å². The molecule has 0 aromatic rings. The first-order chi connectivity index (χ1) is 6.24. The summed E-state index contributed by atoms with van der Waals surface area (Å²) in [6.07, 6.45) is -2.40. The van der Waals surface area contributed by atoms with Crippen molar-refractivity contribution in [3.63, 3.8) is 0 Å². The van der Waals surface area contributed by atoms with Crippen LogP contribution in [0.4, 0.5) is 0 Å². The molecule has 0 aliphatic carbocycles. The number of rotatable bonds is 6. The summed E-state index contributed by atoms with van der Waals surface area (Å²) in [6.45, 7) is 0. The molecule has 0 saturated carbocycles. The van der Waals surface area contributed by atoms with Crippen LogP contribution in [0.15, 0.2) is 0 Å². The number of hydrogen-bond acceptors (Lipinski definition) is 5. The fraction of sp³-hybridized carbons (Fsp3) is 0.714. The van der Waals surface area contributed by atoms with Crippen LogP contribution < -0.4 is 11.5 Å². The summed E-state index contributed by atoms with van der Waals surface area (Å²) in [7, 11) is 0. The third-order valence-corrected chi connectivity index (χ3v) is 1.66. The summed E-state index contributed by atoms with van der Waals surface area (Å²) in [5.41, 5.74) is 9.31. The average Bonchev–Trinajstić information content (AvgIpc) is 2.00. The summed E-state index contributed by atoms with van der Waals surface area (Å²) in [5, 5.41) is 25.6. The van der Waals surface area contributed by atoms with Gasteiger partial charge in [0, 0.05) is 12.8 Å². The third-order valence-electron chi connectivity index (χ3n) is 1.66. The molecule has 0 fully saturated rings. The molecule has 0 aromatic heterocycles. The summed E-state index contributed by atoms with van der Waals surface area (Å²) >= 11 is 0. The minimum Gasteiger partial charge on any atom is -0.481 e. The Morgan fingerprint density at radius 3 is 2.14 bits per heavy atom. The fourth-order valence-corrected chi connectivity index (χ4v) is 0.889. The van der Waals surface area contributed by atoms with E-state index in [0.29, 0.717) is 0 Å². The van der Waals surface area contributed by atoms with E-state index in [4.69, 9.17) is 26.8 Å². The Morgan fingerprint density at radius 1 is 1.29 bits per heavy atom. The van der Waals surface area contributed by atoms with Crippen molar-refractivity contribution >= 4 is 11.9 Å². The minimum absolute atomic E-state index is 0.0906. The van der Waals surface area contributed by atoms with E-state index in [0.717, 1.165) is 0 Å². The highest BCUT2D eigenvalue weighted by Gasteiger charge is 2.27. The van der Waals surface area contributed by atoms with Gasteiger partial charge < -0.3 is 26.8 Å². The summed E-state index contributed by atoms with van der Waals surface area (Å²) in [4.78, 5) is 20.4. The van der Waals surface area contributed by atoms with Gasteiger partial charge in [0.1, 0.15) is 0 Å². The molecule has 82 valence electrons. The maximum absolute atomic E-state index is 10.2. The van der Waals surface area contributed by atoms with E-state index in [1.54, 1.807) is 0 Å². The van der Waals surface area contributed by atoms with Crippen LogP contribution in [0, 0.1) is 0 Å². The molecule has 0 aliphatic heterocycles. The second-order valence-electron chi connectivity index (χ2n) is 3.19. The van der Waals surface area contributed by atoms with Gasteiger partial charge in [-0.2, -0.15) is 0 Å². The van der Waals surface area contributed by atoms with Gasteiger partial charge in [-0.3, -0.25) is 4.79 Å². The van der Waals surface area contributed by atoms with Crippen LogP contribution in [0.3, 0.4) is 0 Å². The zero-order chi connectivity index (χ0) is 11.4. The number of aliphatic hydroxyl groups excluding tert-OH is 1. The highest BCUT2D eigenvalue weighted by Crippen LogP contribution is 2.10. The van der Waals surface area contributed by atoms with E-state index >= 15 is 0 Å². The fourth-order valence-electron chi connectivity index (χ4n) is 0.889. The Labute approximate surface area is 80.3 Å². The van der Waals surface area contributed by atoms with Crippen molar-refractivity contribution in [3.8, 4) is 0 Å². The number of aliphatic carboxylic acids is 2. The number of nitrogens with two attached hydrogens (primary N) is 2. The van der Waals surface area contributed by atoms with Crippen molar-refractivity contribution in [2.75, 3.05) is 0 Å². The molecule has 1 unspecified atom stereocenters. The van der Waals surface area contributed by atoms with Gasteiger partial charge in [-0.05, 0) is 6.42 Å². The maximum atomic E-state index is 10.2. The van der Waals surface area contributed by atoms with E-state index in [1.165, 1.54) is 0 Å². The van der Waals surface area contributed by atoms with Crippen molar-refractivity contribution in [1.82, 2.24) is 0 Å². The quantitative estimate of drug-likeness (QED) is 0.325. The van der Waals surface area contributed by atoms with Gasteiger partial charge in [0.25, 0.3) is 0 Å². The Bertz CT molecular complexity index is 228. The first-order valence-corrected chi connectivity index (χ1v) is 3.95. The summed E-state index contributed by atoms with van der Waals surface area (Å²) < 4.78 is 0. The van der Waals surface area contributed by atoms with Crippen molar-refractivity contribution < 1.29 is 24.9 Å². The minimum atomic E-state index is -1.67. The number of carbonyl (C=O) groups is 2. The zero-order valence-electron chi connectivity index (χ0n) is 7.51. The zero-order valence-corrected chi connectivity index (χ0v) is 7.51. The highest BCUT2D eigenvalue weighted by atomic mass is 16.4. The Balaban J connectivity index is 4.06. The number of carboxylic acid groups (broad SMARTS) is 2. The lowest BCUT2D eigenvalue weighted by Crippen LogP contribution is -2.52. The first kappa shape index (κ1) is 12.8. The molecule has 0 rings (SSSR count). The van der Waals surface area contributed by atoms with Gasteiger partial charge in [-0.1, -0.05) is 0 Å². The van der Waals surface area contributed by atoms with Crippen LogP contribution in [0.2, 0.25) is 0 Å². The monoisotopic (exact) mass is 206 g/mol. The average molecular weight is 206 g/mol. The Kier molecular flexibility index (Phi) is 4.48. The molecule has 0 radical (unpaired) electrons. The molecule has 0 aromatic carbocycles. The van der Waals surface area contributed by atoms with Crippen LogP contribution in [0.25, 0.3) is 0 Å². The lowest BCUT2D eigenvalue weighted by molar-refractivity contribution is -0.147. The topological polar surface area (TPSA) is 147 Å². The molecule has 7 heteroatoms. The molecule has 0 bridgehead atoms. The molecule has 0 spiro atoms. The molecule has 1 atom stereocenters. The molecule has 7 N–H and O–H groups in total. The van der Waals surface area contributed by atoms with Crippen molar-refractivity contribution in [3.05, 3.63) is 0 Å². The molecule has 14 heavy (non-hydrogen) atoms. The van der Waals surface area contributed by atoms with Gasteiger partial charge in [-0.15, -0.1) is 0 Å². The van der Waals surface area contributed by atoms with Crippen molar-refractivity contribution in [1.29, 1.82) is 0 Å². The molecule has 0 heterocycles. The van der Waals surface area contributed by atoms with Crippen molar-refractivity contribution in [2.24, 2.45) is 11.5 Å². The van der Waals surface area contributed by atoms with Crippen LogP contribution in [-0.4, -0.2) is 39.0 Å². The van der Waals surface area contributed by atoms with Crippen LogP contribution in [0.1, 0.15) is 19.3 Å².